The Kier molecular flexibility index (Phi) is 7.89. The van der Waals surface area contributed by atoms with Crippen molar-refractivity contribution >= 4 is 35.2 Å². The number of benzene rings is 2. The molecule has 10 heteroatoms. The highest BCUT2D eigenvalue weighted by Gasteiger charge is 2.35. The molecule has 0 aromatic heterocycles. The Morgan fingerprint density at radius 2 is 1.73 bits per heavy atom. The summed E-state index contributed by atoms with van der Waals surface area (Å²) in [4.78, 5) is 49.3. The Hall–Kier alpha value is -3.59. The van der Waals surface area contributed by atoms with Crippen molar-refractivity contribution in [2.24, 2.45) is 5.73 Å². The van der Waals surface area contributed by atoms with Crippen molar-refractivity contribution in [1.29, 1.82) is 0 Å². The van der Waals surface area contributed by atoms with E-state index in [0.29, 0.717) is 22.8 Å². The molecular weight excluding hydrogens is 448 g/mol. The molecule has 2 aromatic carbocycles. The number of nitrogens with one attached hydrogen (secondary N) is 3. The lowest BCUT2D eigenvalue weighted by atomic mass is 10.0. The minimum Gasteiger partial charge on any atom is -0.495 e. The first-order chi connectivity index (χ1) is 15.8. The Morgan fingerprint density at radius 1 is 1.06 bits per heavy atom. The van der Waals surface area contributed by atoms with Crippen molar-refractivity contribution in [3.8, 4) is 5.75 Å². The highest BCUT2D eigenvalue weighted by Crippen LogP contribution is 2.25. The number of methoxy groups -OCH3 is 1. The summed E-state index contributed by atoms with van der Waals surface area (Å²) in [5, 5.41) is 8.12. The third-order valence-electron chi connectivity index (χ3n) is 5.27. The summed E-state index contributed by atoms with van der Waals surface area (Å²) in [6.07, 6.45) is 0.113. The molecular formula is C23H25ClN4O5. The average molecular weight is 473 g/mol. The largest absolute Gasteiger partial charge is 0.495 e. The van der Waals surface area contributed by atoms with Gasteiger partial charge in [-0.05, 0) is 23.3 Å². The van der Waals surface area contributed by atoms with Gasteiger partial charge in [-0.15, -0.1) is 0 Å². The van der Waals surface area contributed by atoms with Crippen LogP contribution < -0.4 is 26.4 Å². The normalized spacial score (nSPS) is 18.6. The van der Waals surface area contributed by atoms with Gasteiger partial charge in [0, 0.05) is 12.8 Å². The Morgan fingerprint density at radius 3 is 2.36 bits per heavy atom. The van der Waals surface area contributed by atoms with Crippen LogP contribution in [0.3, 0.4) is 0 Å². The zero-order valence-electron chi connectivity index (χ0n) is 18.0. The van der Waals surface area contributed by atoms with Crippen LogP contribution in [-0.2, 0) is 32.0 Å². The van der Waals surface area contributed by atoms with E-state index in [9.17, 15) is 19.2 Å². The lowest BCUT2D eigenvalue weighted by molar-refractivity contribution is -0.138. The number of piperazine rings is 1. The molecule has 3 rings (SSSR count). The topological polar surface area (TPSA) is 140 Å². The van der Waals surface area contributed by atoms with Gasteiger partial charge in [-0.2, -0.15) is 0 Å². The quantitative estimate of drug-likeness (QED) is 0.420. The number of rotatable bonds is 9. The predicted molar refractivity (Wildman–Crippen MR) is 121 cm³/mol. The molecule has 0 unspecified atom stereocenters. The van der Waals surface area contributed by atoms with E-state index in [0.717, 1.165) is 5.56 Å². The third-order valence-corrected chi connectivity index (χ3v) is 5.57. The summed E-state index contributed by atoms with van der Waals surface area (Å²) in [7, 11) is 1.48. The Bertz CT molecular complexity index is 1050. The van der Waals surface area contributed by atoms with Gasteiger partial charge in [-0.1, -0.05) is 48.0 Å². The standard InChI is InChI=1S/C23H25ClN4O5/c1-33-19-8-7-14(9-15(19)24)11-16(21(25)30)26-20(29)12-18-23(32)27-17(22(31)28-18)10-13-5-3-2-4-6-13/h2-9,16-18H,10-12H2,1H3,(H2,25,30)(H,26,29)(H,27,32)(H,28,31)/t16-,17-,18-/m0/s1. The highest BCUT2D eigenvalue weighted by atomic mass is 35.5. The molecule has 9 nitrogen and oxygen atoms in total. The van der Waals surface area contributed by atoms with E-state index in [1.54, 1.807) is 18.2 Å². The number of carbonyl (C=O) groups is 4. The fourth-order valence-electron chi connectivity index (χ4n) is 3.55. The molecule has 1 aliphatic rings. The van der Waals surface area contributed by atoms with Gasteiger partial charge in [-0.3, -0.25) is 19.2 Å². The van der Waals surface area contributed by atoms with Gasteiger partial charge in [0.15, 0.2) is 0 Å². The van der Waals surface area contributed by atoms with Crippen LogP contribution >= 0.6 is 11.6 Å². The van der Waals surface area contributed by atoms with E-state index in [4.69, 9.17) is 22.1 Å². The number of nitrogens with two attached hydrogens (primary N) is 1. The molecule has 0 spiro atoms. The smallest absolute Gasteiger partial charge is 0.243 e. The minimum absolute atomic E-state index is 0.104. The first kappa shape index (κ1) is 24.1. The summed E-state index contributed by atoms with van der Waals surface area (Å²) in [6.45, 7) is 0. The number of hydrogen-bond acceptors (Lipinski definition) is 5. The molecule has 2 aromatic rings. The molecule has 1 fully saturated rings. The summed E-state index contributed by atoms with van der Waals surface area (Å²) in [6, 6.07) is 11.4. The van der Waals surface area contributed by atoms with E-state index < -0.39 is 35.8 Å². The van der Waals surface area contributed by atoms with Gasteiger partial charge in [0.1, 0.15) is 23.9 Å². The zero-order valence-corrected chi connectivity index (χ0v) is 18.7. The van der Waals surface area contributed by atoms with Crippen LogP contribution in [-0.4, -0.2) is 48.9 Å². The van der Waals surface area contributed by atoms with Crippen molar-refractivity contribution in [3.05, 3.63) is 64.7 Å². The molecule has 174 valence electrons. The summed E-state index contributed by atoms with van der Waals surface area (Å²) >= 11 is 6.11. The lowest BCUT2D eigenvalue weighted by Crippen LogP contribution is -2.63. The van der Waals surface area contributed by atoms with Crippen LogP contribution in [0.1, 0.15) is 17.5 Å². The highest BCUT2D eigenvalue weighted by molar-refractivity contribution is 6.32. The average Bonchev–Trinajstić information content (AvgIpc) is 2.77. The second kappa shape index (κ2) is 10.8. The number of primary amides is 1. The Labute approximate surface area is 196 Å². The summed E-state index contributed by atoms with van der Waals surface area (Å²) in [5.41, 5.74) is 7.00. The summed E-state index contributed by atoms with van der Waals surface area (Å²) < 4.78 is 5.10. The SMILES string of the molecule is COc1ccc(C[C@H](NC(=O)C[C@@H]2NC(=O)[C@H](Cc3ccccc3)NC2=O)C(N)=O)cc1Cl. The van der Waals surface area contributed by atoms with E-state index in [2.05, 4.69) is 16.0 Å². The molecule has 33 heavy (non-hydrogen) atoms. The maximum Gasteiger partial charge on any atom is 0.243 e. The van der Waals surface area contributed by atoms with Crippen molar-refractivity contribution in [3.63, 3.8) is 0 Å². The van der Waals surface area contributed by atoms with Gasteiger partial charge in [0.05, 0.1) is 18.6 Å². The molecule has 0 bridgehead atoms. The van der Waals surface area contributed by atoms with Crippen molar-refractivity contribution in [2.75, 3.05) is 7.11 Å². The van der Waals surface area contributed by atoms with Crippen molar-refractivity contribution in [2.45, 2.75) is 37.4 Å². The monoisotopic (exact) mass is 472 g/mol. The van der Waals surface area contributed by atoms with Gasteiger partial charge in [0.2, 0.25) is 23.6 Å². The van der Waals surface area contributed by atoms with Gasteiger partial charge < -0.3 is 26.4 Å². The number of ether oxygens (including phenoxy) is 1. The van der Waals surface area contributed by atoms with Crippen LogP contribution in [0.4, 0.5) is 0 Å². The van der Waals surface area contributed by atoms with Crippen molar-refractivity contribution < 1.29 is 23.9 Å². The van der Waals surface area contributed by atoms with Gasteiger partial charge in [0.25, 0.3) is 0 Å². The van der Waals surface area contributed by atoms with E-state index >= 15 is 0 Å². The number of hydrogen-bond donors (Lipinski definition) is 4. The maximum absolute atomic E-state index is 12.5. The molecule has 1 saturated heterocycles. The van der Waals surface area contributed by atoms with E-state index in [1.165, 1.54) is 7.11 Å². The maximum atomic E-state index is 12.5. The first-order valence-corrected chi connectivity index (χ1v) is 10.7. The number of amides is 4. The molecule has 0 aliphatic carbocycles. The molecule has 1 heterocycles. The van der Waals surface area contributed by atoms with Crippen LogP contribution in [0.5, 0.6) is 5.75 Å². The molecule has 1 aliphatic heterocycles. The Balaban J connectivity index is 1.57. The molecule has 3 atom stereocenters. The van der Waals surface area contributed by atoms with Crippen LogP contribution in [0.2, 0.25) is 5.02 Å². The molecule has 5 N–H and O–H groups in total. The summed E-state index contributed by atoms with van der Waals surface area (Å²) in [5.74, 6) is -1.71. The first-order valence-electron chi connectivity index (χ1n) is 10.3. The second-order valence-corrected chi connectivity index (χ2v) is 8.12. The van der Waals surface area contributed by atoms with E-state index in [-0.39, 0.29) is 18.7 Å². The van der Waals surface area contributed by atoms with Gasteiger partial charge in [-0.25, -0.2) is 0 Å². The van der Waals surface area contributed by atoms with Crippen molar-refractivity contribution in [1.82, 2.24) is 16.0 Å². The zero-order chi connectivity index (χ0) is 24.0. The fraction of sp³-hybridized carbons (Fsp3) is 0.304. The lowest BCUT2D eigenvalue weighted by Gasteiger charge is -2.29. The second-order valence-electron chi connectivity index (χ2n) is 7.71. The molecule has 0 radical (unpaired) electrons. The predicted octanol–water partition coefficient (Wildman–Crippen LogP) is 0.477. The molecule has 0 saturated carbocycles. The van der Waals surface area contributed by atoms with Crippen LogP contribution in [0, 0.1) is 0 Å². The van der Waals surface area contributed by atoms with E-state index in [1.807, 2.05) is 30.3 Å². The minimum atomic E-state index is -1.05. The fourth-order valence-corrected chi connectivity index (χ4v) is 3.83. The molecule has 4 amide bonds. The van der Waals surface area contributed by atoms with Crippen LogP contribution in [0.25, 0.3) is 0 Å². The number of carbonyl (C=O) groups excluding carboxylic acids is 4. The number of halogens is 1. The third kappa shape index (κ3) is 6.45. The van der Waals surface area contributed by atoms with Gasteiger partial charge >= 0.3 is 0 Å². The van der Waals surface area contributed by atoms with Crippen LogP contribution in [0.15, 0.2) is 48.5 Å².